The molecule has 1 spiro atoms. The normalized spacial score (nSPS) is 29.6. The van der Waals surface area contributed by atoms with Crippen molar-refractivity contribution in [3.63, 3.8) is 0 Å². The zero-order valence-electron chi connectivity index (χ0n) is 9.84. The number of quaternary nitrogens is 1. The van der Waals surface area contributed by atoms with E-state index in [9.17, 15) is 0 Å². The SMILES string of the molecule is CCC(C)N1CCC[N+]2(CCCC2)C1. The van der Waals surface area contributed by atoms with E-state index in [0.29, 0.717) is 0 Å². The van der Waals surface area contributed by atoms with Crippen LogP contribution in [0.2, 0.25) is 0 Å². The van der Waals surface area contributed by atoms with Crippen LogP contribution in [-0.2, 0) is 0 Å². The zero-order chi connectivity index (χ0) is 10.0. The highest BCUT2D eigenvalue weighted by atomic mass is 15.5. The number of nitrogens with zero attached hydrogens (tertiary/aromatic N) is 2. The minimum absolute atomic E-state index is 0.797. The van der Waals surface area contributed by atoms with Gasteiger partial charge in [-0.25, -0.2) is 0 Å². The lowest BCUT2D eigenvalue weighted by Crippen LogP contribution is -2.59. The Hall–Kier alpha value is -0.0800. The second kappa shape index (κ2) is 4.19. The first-order valence-electron chi connectivity index (χ1n) is 6.35. The fourth-order valence-corrected chi connectivity index (χ4v) is 3.13. The van der Waals surface area contributed by atoms with Gasteiger partial charge in [0.2, 0.25) is 0 Å². The minimum Gasteiger partial charge on any atom is -0.311 e. The molecule has 0 amide bonds. The summed E-state index contributed by atoms with van der Waals surface area (Å²) in [6.45, 7) is 11.7. The maximum Gasteiger partial charge on any atom is 0.135 e. The molecule has 0 bridgehead atoms. The molecule has 0 aromatic carbocycles. The summed E-state index contributed by atoms with van der Waals surface area (Å²) in [6.07, 6.45) is 5.66. The van der Waals surface area contributed by atoms with Gasteiger partial charge in [0.1, 0.15) is 6.67 Å². The lowest BCUT2D eigenvalue weighted by Gasteiger charge is -2.45. The van der Waals surface area contributed by atoms with Crippen LogP contribution in [0.4, 0.5) is 0 Å². The Labute approximate surface area is 88.5 Å². The van der Waals surface area contributed by atoms with E-state index in [4.69, 9.17) is 0 Å². The van der Waals surface area contributed by atoms with Gasteiger partial charge in [-0.15, -0.1) is 0 Å². The van der Waals surface area contributed by atoms with Crippen molar-refractivity contribution in [3.05, 3.63) is 0 Å². The van der Waals surface area contributed by atoms with Crippen molar-refractivity contribution in [2.45, 2.75) is 45.6 Å². The van der Waals surface area contributed by atoms with Crippen molar-refractivity contribution in [2.75, 3.05) is 32.8 Å². The third kappa shape index (κ3) is 1.96. The van der Waals surface area contributed by atoms with Crippen LogP contribution in [0, 0.1) is 0 Å². The van der Waals surface area contributed by atoms with Crippen molar-refractivity contribution < 1.29 is 4.48 Å². The summed E-state index contributed by atoms with van der Waals surface area (Å²) in [7, 11) is 0. The second-order valence-corrected chi connectivity index (χ2v) is 5.28. The number of rotatable bonds is 2. The Balaban J connectivity index is 1.96. The molecule has 2 heteroatoms. The predicted octanol–water partition coefficient (Wildman–Crippen LogP) is 2.06. The Morgan fingerprint density at radius 1 is 1.14 bits per heavy atom. The molecule has 2 fully saturated rings. The third-order valence-corrected chi connectivity index (χ3v) is 4.29. The summed E-state index contributed by atoms with van der Waals surface area (Å²) in [6, 6.07) is 0.797. The molecule has 2 aliphatic rings. The van der Waals surface area contributed by atoms with E-state index in [-0.39, 0.29) is 0 Å². The van der Waals surface area contributed by atoms with Crippen LogP contribution in [0.25, 0.3) is 0 Å². The fourth-order valence-electron chi connectivity index (χ4n) is 3.13. The van der Waals surface area contributed by atoms with E-state index in [1.54, 1.807) is 0 Å². The Morgan fingerprint density at radius 3 is 2.43 bits per heavy atom. The van der Waals surface area contributed by atoms with Gasteiger partial charge in [0.05, 0.1) is 19.6 Å². The molecule has 0 aliphatic carbocycles. The van der Waals surface area contributed by atoms with Crippen molar-refractivity contribution in [1.82, 2.24) is 4.90 Å². The van der Waals surface area contributed by atoms with Crippen molar-refractivity contribution in [2.24, 2.45) is 0 Å². The van der Waals surface area contributed by atoms with Gasteiger partial charge >= 0.3 is 0 Å². The van der Waals surface area contributed by atoms with Crippen LogP contribution >= 0.6 is 0 Å². The molecule has 14 heavy (non-hydrogen) atoms. The summed E-state index contributed by atoms with van der Waals surface area (Å²) in [5.74, 6) is 0. The molecule has 2 saturated heterocycles. The van der Waals surface area contributed by atoms with Gasteiger partial charge in [-0.05, 0) is 13.3 Å². The fraction of sp³-hybridized carbons (Fsp3) is 1.00. The van der Waals surface area contributed by atoms with Gasteiger partial charge in [-0.3, -0.25) is 4.90 Å². The first-order chi connectivity index (χ1) is 6.76. The summed E-state index contributed by atoms with van der Waals surface area (Å²) < 4.78 is 1.42. The molecular weight excluding hydrogens is 172 g/mol. The van der Waals surface area contributed by atoms with Gasteiger partial charge in [0, 0.05) is 31.8 Å². The van der Waals surface area contributed by atoms with Crippen LogP contribution in [-0.4, -0.2) is 48.3 Å². The molecule has 1 unspecified atom stereocenters. The van der Waals surface area contributed by atoms with Gasteiger partial charge in [-0.1, -0.05) is 6.92 Å². The smallest absolute Gasteiger partial charge is 0.135 e. The van der Waals surface area contributed by atoms with Crippen molar-refractivity contribution >= 4 is 0 Å². The molecule has 82 valence electrons. The molecule has 0 N–H and O–H groups in total. The average Bonchev–Trinajstić information content (AvgIpc) is 2.65. The quantitative estimate of drug-likeness (QED) is 0.613. The maximum absolute atomic E-state index is 2.72. The summed E-state index contributed by atoms with van der Waals surface area (Å²) >= 11 is 0. The predicted molar refractivity (Wildman–Crippen MR) is 60.0 cm³/mol. The van der Waals surface area contributed by atoms with Crippen LogP contribution in [0.15, 0.2) is 0 Å². The monoisotopic (exact) mass is 197 g/mol. The lowest BCUT2D eigenvalue weighted by molar-refractivity contribution is -0.932. The Morgan fingerprint density at radius 2 is 1.79 bits per heavy atom. The third-order valence-electron chi connectivity index (χ3n) is 4.29. The highest BCUT2D eigenvalue weighted by Crippen LogP contribution is 2.25. The van der Waals surface area contributed by atoms with Gasteiger partial charge in [-0.2, -0.15) is 0 Å². The van der Waals surface area contributed by atoms with E-state index in [1.807, 2.05) is 0 Å². The first-order valence-corrected chi connectivity index (χ1v) is 6.35. The number of hydrogen-bond acceptors (Lipinski definition) is 1. The van der Waals surface area contributed by atoms with Crippen molar-refractivity contribution in [3.8, 4) is 0 Å². The van der Waals surface area contributed by atoms with Gasteiger partial charge in [0.25, 0.3) is 0 Å². The van der Waals surface area contributed by atoms with Crippen LogP contribution in [0.3, 0.4) is 0 Å². The standard InChI is InChI=1S/C12H25N2/c1-3-12(2)13-7-6-10-14(11-13)8-4-5-9-14/h12H,3-11H2,1-2H3/q+1. The van der Waals surface area contributed by atoms with Gasteiger partial charge < -0.3 is 4.48 Å². The summed E-state index contributed by atoms with van der Waals surface area (Å²) in [4.78, 5) is 2.72. The van der Waals surface area contributed by atoms with E-state index >= 15 is 0 Å². The highest BCUT2D eigenvalue weighted by Gasteiger charge is 2.37. The second-order valence-electron chi connectivity index (χ2n) is 5.28. The van der Waals surface area contributed by atoms with E-state index in [1.165, 1.54) is 63.0 Å². The summed E-state index contributed by atoms with van der Waals surface area (Å²) in [5, 5.41) is 0. The molecule has 2 aliphatic heterocycles. The molecule has 0 radical (unpaired) electrons. The molecule has 0 aromatic heterocycles. The summed E-state index contributed by atoms with van der Waals surface area (Å²) in [5.41, 5.74) is 0. The maximum atomic E-state index is 2.72. The largest absolute Gasteiger partial charge is 0.311 e. The van der Waals surface area contributed by atoms with E-state index < -0.39 is 0 Å². The Kier molecular flexibility index (Phi) is 3.13. The molecule has 2 heterocycles. The lowest BCUT2D eigenvalue weighted by atomic mass is 10.1. The minimum atomic E-state index is 0.797. The van der Waals surface area contributed by atoms with Crippen LogP contribution < -0.4 is 0 Å². The molecule has 1 atom stereocenters. The van der Waals surface area contributed by atoms with E-state index in [2.05, 4.69) is 18.7 Å². The molecule has 0 saturated carbocycles. The van der Waals surface area contributed by atoms with Crippen molar-refractivity contribution in [1.29, 1.82) is 0 Å². The average molecular weight is 197 g/mol. The molecule has 2 nitrogen and oxygen atoms in total. The van der Waals surface area contributed by atoms with Crippen LogP contribution in [0.1, 0.15) is 39.5 Å². The number of hydrogen-bond donors (Lipinski definition) is 0. The Bertz CT molecular complexity index is 185. The van der Waals surface area contributed by atoms with Crippen LogP contribution in [0.5, 0.6) is 0 Å². The highest BCUT2D eigenvalue weighted by molar-refractivity contribution is 4.69. The molecular formula is C12H25N2+. The molecule has 0 aromatic rings. The molecule has 2 rings (SSSR count). The zero-order valence-corrected chi connectivity index (χ0v) is 9.84. The van der Waals surface area contributed by atoms with Gasteiger partial charge in [0.15, 0.2) is 0 Å². The first kappa shape index (κ1) is 10.4. The topological polar surface area (TPSA) is 3.24 Å². The van der Waals surface area contributed by atoms with E-state index in [0.717, 1.165) is 6.04 Å².